The van der Waals surface area contributed by atoms with Crippen LogP contribution in [-0.4, -0.2) is 44.5 Å². The van der Waals surface area contributed by atoms with Crippen molar-refractivity contribution in [2.45, 2.75) is 36.6 Å². The van der Waals surface area contributed by atoms with Gasteiger partial charge in [-0.15, -0.1) is 0 Å². The zero-order chi connectivity index (χ0) is 18.7. The highest BCUT2D eigenvalue weighted by atomic mass is 32.2. The summed E-state index contributed by atoms with van der Waals surface area (Å²) in [5.41, 5.74) is 2.47. The smallest absolute Gasteiger partial charge is 0.240 e. The highest BCUT2D eigenvalue weighted by Gasteiger charge is 2.27. The highest BCUT2D eigenvalue weighted by Crippen LogP contribution is 2.26. The van der Waals surface area contributed by atoms with Crippen LogP contribution in [0.1, 0.15) is 35.8 Å². The normalized spacial score (nSPS) is 19.6. The molecule has 1 aromatic carbocycles. The van der Waals surface area contributed by atoms with Crippen LogP contribution in [0.2, 0.25) is 0 Å². The summed E-state index contributed by atoms with van der Waals surface area (Å²) in [6, 6.07) is 9.30. The fourth-order valence-corrected chi connectivity index (χ4v) is 5.95. The van der Waals surface area contributed by atoms with E-state index >= 15 is 0 Å². The molecule has 7 heteroatoms. The molecule has 1 aliphatic carbocycles. The van der Waals surface area contributed by atoms with E-state index < -0.39 is 10.0 Å². The van der Waals surface area contributed by atoms with Gasteiger partial charge < -0.3 is 4.42 Å². The van der Waals surface area contributed by atoms with Crippen molar-refractivity contribution in [2.24, 2.45) is 0 Å². The van der Waals surface area contributed by atoms with Crippen LogP contribution in [0, 0.1) is 0 Å². The lowest BCUT2D eigenvalue weighted by atomic mass is 9.92. The van der Waals surface area contributed by atoms with Crippen LogP contribution in [0.3, 0.4) is 0 Å². The molecule has 1 saturated heterocycles. The van der Waals surface area contributed by atoms with Gasteiger partial charge in [0.1, 0.15) is 5.76 Å². The molecule has 2 aromatic rings. The van der Waals surface area contributed by atoms with E-state index in [1.807, 2.05) is 36.0 Å². The molecule has 1 fully saturated rings. The van der Waals surface area contributed by atoms with Gasteiger partial charge in [0.15, 0.2) is 0 Å². The summed E-state index contributed by atoms with van der Waals surface area (Å²) in [6.45, 7) is 2.20. The van der Waals surface area contributed by atoms with Crippen LogP contribution in [0.15, 0.2) is 45.9 Å². The maximum Gasteiger partial charge on any atom is 0.240 e. The van der Waals surface area contributed by atoms with Gasteiger partial charge in [-0.25, -0.2) is 13.1 Å². The number of furan rings is 1. The van der Waals surface area contributed by atoms with Gasteiger partial charge in [0.05, 0.1) is 17.2 Å². The van der Waals surface area contributed by atoms with Crippen LogP contribution in [-0.2, 0) is 22.9 Å². The van der Waals surface area contributed by atoms with Gasteiger partial charge in [-0.05, 0) is 61.1 Å². The predicted molar refractivity (Wildman–Crippen MR) is 109 cm³/mol. The minimum absolute atomic E-state index is 0.0756. The molecule has 27 heavy (non-hydrogen) atoms. The molecule has 1 N–H and O–H groups in total. The number of fused-ring (bicyclic) bond motifs is 1. The van der Waals surface area contributed by atoms with Crippen LogP contribution < -0.4 is 4.72 Å². The SMILES string of the molecule is O=S(=O)(NCC(c1ccco1)N1CCSCC1)c1ccc2c(c1)CCCC2. The molecule has 146 valence electrons. The van der Waals surface area contributed by atoms with E-state index in [9.17, 15) is 8.42 Å². The quantitative estimate of drug-likeness (QED) is 0.798. The number of nitrogens with one attached hydrogen (secondary N) is 1. The minimum atomic E-state index is -3.54. The van der Waals surface area contributed by atoms with Crippen molar-refractivity contribution in [1.82, 2.24) is 9.62 Å². The average Bonchev–Trinajstić information content (AvgIpc) is 3.23. The minimum Gasteiger partial charge on any atom is -0.468 e. The molecule has 1 aromatic heterocycles. The Balaban J connectivity index is 1.51. The van der Waals surface area contributed by atoms with E-state index in [1.165, 1.54) is 17.5 Å². The van der Waals surface area contributed by atoms with Crippen molar-refractivity contribution in [3.05, 3.63) is 53.5 Å². The first-order valence-electron chi connectivity index (χ1n) is 9.60. The molecule has 2 heterocycles. The summed E-state index contributed by atoms with van der Waals surface area (Å²) >= 11 is 1.94. The number of rotatable bonds is 6. The highest BCUT2D eigenvalue weighted by molar-refractivity contribution is 7.99. The Bertz CT molecular complexity index is 859. The molecular weight excluding hydrogens is 380 g/mol. The topological polar surface area (TPSA) is 62.6 Å². The maximum atomic E-state index is 12.9. The van der Waals surface area contributed by atoms with E-state index in [0.29, 0.717) is 11.4 Å². The standard InChI is InChI=1S/C20H26N2O3S2/c23-27(24,18-8-7-16-4-1-2-5-17(16)14-18)21-15-19(20-6-3-11-25-20)22-9-12-26-13-10-22/h3,6-8,11,14,19,21H,1-2,4-5,9-10,12-13,15H2. The molecule has 0 saturated carbocycles. The molecule has 1 unspecified atom stereocenters. The van der Waals surface area contributed by atoms with Gasteiger partial charge in [-0.3, -0.25) is 4.90 Å². The van der Waals surface area contributed by atoms with E-state index in [0.717, 1.165) is 49.6 Å². The lowest BCUT2D eigenvalue weighted by Crippen LogP contribution is -2.41. The Morgan fingerprint density at radius 3 is 2.63 bits per heavy atom. The van der Waals surface area contributed by atoms with Crippen molar-refractivity contribution in [1.29, 1.82) is 0 Å². The molecule has 0 radical (unpaired) electrons. The van der Waals surface area contributed by atoms with Gasteiger partial charge in [-0.2, -0.15) is 11.8 Å². The van der Waals surface area contributed by atoms with Gasteiger partial charge in [0, 0.05) is 31.1 Å². The fraction of sp³-hybridized carbons (Fsp3) is 0.500. The molecule has 5 nitrogen and oxygen atoms in total. The summed E-state index contributed by atoms with van der Waals surface area (Å²) in [7, 11) is -3.54. The number of benzene rings is 1. The summed E-state index contributed by atoms with van der Waals surface area (Å²) in [5.74, 6) is 2.94. The van der Waals surface area contributed by atoms with Crippen molar-refractivity contribution in [2.75, 3.05) is 31.1 Å². The van der Waals surface area contributed by atoms with Crippen LogP contribution in [0.5, 0.6) is 0 Å². The second kappa shape index (κ2) is 8.39. The van der Waals surface area contributed by atoms with Gasteiger partial charge in [0.2, 0.25) is 10.0 Å². The molecular formula is C20H26N2O3S2. The second-order valence-electron chi connectivity index (χ2n) is 7.17. The number of hydrogen-bond donors (Lipinski definition) is 1. The molecule has 0 amide bonds. The number of sulfonamides is 1. The first-order chi connectivity index (χ1) is 13.1. The average molecular weight is 407 g/mol. The third-order valence-corrected chi connectivity index (χ3v) is 7.82. The number of aryl methyl sites for hydroxylation is 2. The third kappa shape index (κ3) is 4.42. The molecule has 0 spiro atoms. The molecule has 1 atom stereocenters. The third-order valence-electron chi connectivity index (χ3n) is 5.46. The van der Waals surface area contributed by atoms with Crippen molar-refractivity contribution >= 4 is 21.8 Å². The van der Waals surface area contributed by atoms with E-state index in [4.69, 9.17) is 4.42 Å². The zero-order valence-electron chi connectivity index (χ0n) is 15.4. The Kier molecular flexibility index (Phi) is 5.92. The predicted octanol–water partition coefficient (Wildman–Crippen LogP) is 3.23. The first-order valence-corrected chi connectivity index (χ1v) is 12.2. The Morgan fingerprint density at radius 2 is 1.89 bits per heavy atom. The number of nitrogens with zero attached hydrogens (tertiary/aromatic N) is 1. The van der Waals surface area contributed by atoms with Crippen molar-refractivity contribution < 1.29 is 12.8 Å². The summed E-state index contributed by atoms with van der Waals surface area (Å²) < 4.78 is 34.3. The fourth-order valence-electron chi connectivity index (χ4n) is 3.93. The Hall–Kier alpha value is -1.28. The molecule has 4 rings (SSSR count). The van der Waals surface area contributed by atoms with Crippen molar-refractivity contribution in [3.63, 3.8) is 0 Å². The van der Waals surface area contributed by atoms with E-state index in [2.05, 4.69) is 9.62 Å². The Morgan fingerprint density at radius 1 is 1.11 bits per heavy atom. The van der Waals surface area contributed by atoms with Crippen LogP contribution in [0.4, 0.5) is 0 Å². The summed E-state index contributed by atoms with van der Waals surface area (Å²) in [6.07, 6.45) is 6.00. The summed E-state index contributed by atoms with van der Waals surface area (Å²) in [5, 5.41) is 0. The van der Waals surface area contributed by atoms with Crippen LogP contribution in [0.25, 0.3) is 0 Å². The van der Waals surface area contributed by atoms with Crippen LogP contribution >= 0.6 is 11.8 Å². The van der Waals surface area contributed by atoms with Gasteiger partial charge in [0.25, 0.3) is 0 Å². The first kappa shape index (κ1) is 19.1. The van der Waals surface area contributed by atoms with Crippen molar-refractivity contribution in [3.8, 4) is 0 Å². The lowest BCUT2D eigenvalue weighted by molar-refractivity contribution is 0.193. The number of thioether (sulfide) groups is 1. The molecule has 1 aliphatic heterocycles. The number of hydrogen-bond acceptors (Lipinski definition) is 5. The molecule has 0 bridgehead atoms. The van der Waals surface area contributed by atoms with E-state index in [-0.39, 0.29) is 6.04 Å². The zero-order valence-corrected chi connectivity index (χ0v) is 17.0. The van der Waals surface area contributed by atoms with Gasteiger partial charge >= 0.3 is 0 Å². The maximum absolute atomic E-state index is 12.9. The second-order valence-corrected chi connectivity index (χ2v) is 10.2. The molecule has 2 aliphatic rings. The van der Waals surface area contributed by atoms with E-state index in [1.54, 1.807) is 12.3 Å². The Labute approximate surface area is 165 Å². The van der Waals surface area contributed by atoms with Gasteiger partial charge in [-0.1, -0.05) is 6.07 Å². The largest absolute Gasteiger partial charge is 0.468 e. The lowest BCUT2D eigenvalue weighted by Gasteiger charge is -2.33. The monoisotopic (exact) mass is 406 g/mol. The summed E-state index contributed by atoms with van der Waals surface area (Å²) in [4.78, 5) is 2.68.